The van der Waals surface area contributed by atoms with Crippen LogP contribution in [-0.2, 0) is 22.7 Å². The number of carbonyl (C=O) groups excluding carboxylic acids is 2. The zero-order chi connectivity index (χ0) is 26.6. The van der Waals surface area contributed by atoms with Gasteiger partial charge in [-0.3, -0.25) is 9.59 Å². The van der Waals surface area contributed by atoms with E-state index in [0.29, 0.717) is 11.6 Å². The molecule has 8 heteroatoms. The SMILES string of the molecule is CCCNC(=O)[C@@]1(Sc2ccc(C)cc2)CC(=O)N(Cc2ccccc2Cl)[C@@H]1c1ccc(CO)cc1I. The first kappa shape index (κ1) is 28.0. The molecule has 4 rings (SSSR count). The molecule has 1 saturated heterocycles. The number of thioether (sulfide) groups is 1. The Balaban J connectivity index is 1.89. The van der Waals surface area contributed by atoms with E-state index in [-0.39, 0.29) is 31.4 Å². The molecule has 1 fully saturated rings. The molecule has 1 aliphatic heterocycles. The van der Waals surface area contributed by atoms with Crippen molar-refractivity contribution in [3.05, 3.63) is 97.6 Å². The van der Waals surface area contributed by atoms with E-state index in [0.717, 1.165) is 37.1 Å². The molecule has 194 valence electrons. The number of halogens is 2. The summed E-state index contributed by atoms with van der Waals surface area (Å²) >= 11 is 10.2. The van der Waals surface area contributed by atoms with Gasteiger partial charge in [0.2, 0.25) is 11.8 Å². The minimum absolute atomic E-state index is 0.0635. The van der Waals surface area contributed by atoms with Crippen LogP contribution in [0.3, 0.4) is 0 Å². The summed E-state index contributed by atoms with van der Waals surface area (Å²) in [6.45, 7) is 4.77. The predicted octanol–water partition coefficient (Wildman–Crippen LogP) is 6.28. The molecular formula is C29H30ClIN2O3S. The monoisotopic (exact) mass is 648 g/mol. The van der Waals surface area contributed by atoms with Crippen molar-refractivity contribution in [2.75, 3.05) is 6.54 Å². The number of hydrogen-bond donors (Lipinski definition) is 2. The summed E-state index contributed by atoms with van der Waals surface area (Å²) in [6.07, 6.45) is 0.857. The maximum Gasteiger partial charge on any atom is 0.239 e. The zero-order valence-electron chi connectivity index (χ0n) is 20.8. The van der Waals surface area contributed by atoms with Crippen LogP contribution in [0.1, 0.15) is 48.1 Å². The van der Waals surface area contributed by atoms with Crippen LogP contribution < -0.4 is 5.32 Å². The fourth-order valence-electron chi connectivity index (χ4n) is 4.67. The number of nitrogens with zero attached hydrogens (tertiary/aromatic N) is 1. The Morgan fingerprint density at radius 2 is 1.92 bits per heavy atom. The zero-order valence-corrected chi connectivity index (χ0v) is 24.6. The number of aliphatic hydroxyl groups excluding tert-OH is 1. The molecule has 3 aromatic carbocycles. The van der Waals surface area contributed by atoms with Gasteiger partial charge >= 0.3 is 0 Å². The largest absolute Gasteiger partial charge is 0.392 e. The number of aliphatic hydroxyl groups is 1. The lowest BCUT2D eigenvalue weighted by Crippen LogP contribution is -2.48. The van der Waals surface area contributed by atoms with Crippen molar-refractivity contribution in [2.45, 2.75) is 55.5 Å². The van der Waals surface area contributed by atoms with Crippen molar-refractivity contribution in [3.63, 3.8) is 0 Å². The van der Waals surface area contributed by atoms with Crippen LogP contribution in [0.25, 0.3) is 0 Å². The smallest absolute Gasteiger partial charge is 0.239 e. The van der Waals surface area contributed by atoms with Gasteiger partial charge in [-0.2, -0.15) is 0 Å². The summed E-state index contributed by atoms with van der Waals surface area (Å²) in [5.74, 6) is -0.250. The lowest BCUT2D eigenvalue weighted by molar-refractivity contribution is -0.129. The molecule has 1 heterocycles. The second-order valence-corrected chi connectivity index (χ2v) is 12.2. The molecule has 2 N–H and O–H groups in total. The molecule has 2 amide bonds. The highest BCUT2D eigenvalue weighted by atomic mass is 127. The van der Waals surface area contributed by atoms with Crippen LogP contribution in [-0.4, -0.2) is 33.1 Å². The highest BCUT2D eigenvalue weighted by Gasteiger charge is 2.58. The van der Waals surface area contributed by atoms with E-state index in [1.165, 1.54) is 11.8 Å². The molecule has 0 aromatic heterocycles. The topological polar surface area (TPSA) is 69.6 Å². The third-order valence-electron chi connectivity index (χ3n) is 6.57. The number of hydrogen-bond acceptors (Lipinski definition) is 4. The first-order valence-corrected chi connectivity index (χ1v) is 14.5. The summed E-state index contributed by atoms with van der Waals surface area (Å²) in [4.78, 5) is 30.6. The summed E-state index contributed by atoms with van der Waals surface area (Å²) in [6, 6.07) is 20.7. The third-order valence-corrected chi connectivity index (χ3v) is 9.30. The summed E-state index contributed by atoms with van der Waals surface area (Å²) in [5.41, 5.74) is 3.61. The molecule has 0 radical (unpaired) electrons. The maximum atomic E-state index is 14.0. The number of aryl methyl sites for hydroxylation is 1. The molecule has 0 bridgehead atoms. The van der Waals surface area contributed by atoms with Gasteiger partial charge in [-0.15, -0.1) is 11.8 Å². The second-order valence-electron chi connectivity index (χ2n) is 9.27. The van der Waals surface area contributed by atoms with Crippen LogP contribution in [0.5, 0.6) is 0 Å². The van der Waals surface area contributed by atoms with Gasteiger partial charge in [-0.1, -0.05) is 66.6 Å². The minimum atomic E-state index is -1.09. The van der Waals surface area contributed by atoms with Crippen molar-refractivity contribution in [2.24, 2.45) is 0 Å². The molecule has 37 heavy (non-hydrogen) atoms. The van der Waals surface area contributed by atoms with E-state index < -0.39 is 10.8 Å². The van der Waals surface area contributed by atoms with E-state index in [9.17, 15) is 14.7 Å². The number of likely N-dealkylation sites (tertiary alicyclic amines) is 1. The van der Waals surface area contributed by atoms with E-state index in [4.69, 9.17) is 11.6 Å². The van der Waals surface area contributed by atoms with Crippen LogP contribution in [0.15, 0.2) is 71.6 Å². The Kier molecular flexibility index (Phi) is 9.21. The first-order valence-electron chi connectivity index (χ1n) is 12.2. The lowest BCUT2D eigenvalue weighted by atomic mass is 9.90. The van der Waals surface area contributed by atoms with Gasteiger partial charge in [0, 0.05) is 26.6 Å². The van der Waals surface area contributed by atoms with Gasteiger partial charge in [0.15, 0.2) is 0 Å². The van der Waals surface area contributed by atoms with Crippen molar-refractivity contribution in [1.29, 1.82) is 0 Å². The minimum Gasteiger partial charge on any atom is -0.392 e. The molecule has 2 atom stereocenters. The lowest BCUT2D eigenvalue weighted by Gasteiger charge is -2.37. The maximum absolute atomic E-state index is 14.0. The number of rotatable bonds is 9. The van der Waals surface area contributed by atoms with Crippen LogP contribution in [0.4, 0.5) is 0 Å². The van der Waals surface area contributed by atoms with Crippen LogP contribution in [0, 0.1) is 10.5 Å². The quantitative estimate of drug-likeness (QED) is 0.268. The average Bonchev–Trinajstić information content (AvgIpc) is 3.16. The number of amides is 2. The first-order chi connectivity index (χ1) is 17.8. The van der Waals surface area contributed by atoms with Gasteiger partial charge in [-0.05, 0) is 76.9 Å². The molecule has 1 aliphatic rings. The van der Waals surface area contributed by atoms with Gasteiger partial charge in [-0.25, -0.2) is 0 Å². The van der Waals surface area contributed by atoms with Crippen molar-refractivity contribution in [1.82, 2.24) is 10.2 Å². The van der Waals surface area contributed by atoms with E-state index in [1.54, 1.807) is 4.90 Å². The van der Waals surface area contributed by atoms with E-state index >= 15 is 0 Å². The van der Waals surface area contributed by atoms with E-state index in [1.807, 2.05) is 80.6 Å². The summed E-state index contributed by atoms with van der Waals surface area (Å²) in [7, 11) is 0. The molecule has 0 saturated carbocycles. The number of nitrogens with one attached hydrogen (secondary N) is 1. The van der Waals surface area contributed by atoms with Gasteiger partial charge in [0.1, 0.15) is 4.75 Å². The summed E-state index contributed by atoms with van der Waals surface area (Å²) in [5, 5.41) is 13.4. The van der Waals surface area contributed by atoms with Gasteiger partial charge < -0.3 is 15.3 Å². The molecule has 0 aliphatic carbocycles. The standard InChI is InChI=1S/C29H30ClIN2O3S/c1-3-14-32-28(36)29(37-22-11-8-19(2)9-12-22)16-26(35)33(17-21-6-4-5-7-24(21)30)27(29)23-13-10-20(18-34)15-25(23)31/h4-13,15,27,34H,3,14,16-18H2,1-2H3,(H,32,36)/t27-,29-/m1/s1. The molecular weight excluding hydrogens is 619 g/mol. The van der Waals surface area contributed by atoms with Crippen molar-refractivity contribution >= 4 is 57.8 Å². The highest BCUT2D eigenvalue weighted by molar-refractivity contribution is 14.1. The molecule has 3 aromatic rings. The van der Waals surface area contributed by atoms with Gasteiger partial charge in [0.25, 0.3) is 0 Å². The van der Waals surface area contributed by atoms with E-state index in [2.05, 4.69) is 27.9 Å². The Morgan fingerprint density at radius 1 is 1.19 bits per heavy atom. The fourth-order valence-corrected chi connectivity index (χ4v) is 7.15. The predicted molar refractivity (Wildman–Crippen MR) is 158 cm³/mol. The number of carbonyl (C=O) groups is 2. The van der Waals surface area contributed by atoms with Crippen molar-refractivity contribution in [3.8, 4) is 0 Å². The Morgan fingerprint density at radius 3 is 2.57 bits per heavy atom. The fraction of sp³-hybridized carbons (Fsp3) is 0.310. The normalized spacial score (nSPS) is 19.3. The highest BCUT2D eigenvalue weighted by Crippen LogP contribution is 2.54. The van der Waals surface area contributed by atoms with Crippen LogP contribution in [0.2, 0.25) is 5.02 Å². The molecule has 5 nitrogen and oxygen atoms in total. The Hall–Kier alpha value is -2.07. The second kappa shape index (κ2) is 12.2. The molecule has 0 spiro atoms. The molecule has 0 unspecified atom stereocenters. The summed E-state index contributed by atoms with van der Waals surface area (Å²) < 4.78 is -0.200. The Bertz CT molecular complexity index is 1290. The van der Waals surface area contributed by atoms with Crippen LogP contribution >= 0.6 is 46.0 Å². The van der Waals surface area contributed by atoms with Crippen molar-refractivity contribution < 1.29 is 14.7 Å². The van der Waals surface area contributed by atoms with Gasteiger partial charge in [0.05, 0.1) is 19.1 Å². The average molecular weight is 649 g/mol. The number of benzene rings is 3. The third kappa shape index (κ3) is 6.00. The Labute approximate surface area is 241 Å².